The molecule has 0 aromatic heterocycles. The molecular formula is C17H27NO. The standard InChI is InChI=1S/C17H27NO/c1-3-4-12-18(16-10-11-16)13-14(2)17(19)15-8-6-5-7-9-15/h5-9,14,16-17,19H,3-4,10-13H2,1-2H3. The van der Waals surface area contributed by atoms with Gasteiger partial charge in [-0.25, -0.2) is 0 Å². The Bertz CT molecular complexity index is 361. The highest BCUT2D eigenvalue weighted by Crippen LogP contribution is 2.30. The molecule has 2 rings (SSSR count). The zero-order valence-corrected chi connectivity index (χ0v) is 12.3. The molecule has 2 nitrogen and oxygen atoms in total. The molecule has 19 heavy (non-hydrogen) atoms. The van der Waals surface area contributed by atoms with Gasteiger partial charge in [-0.3, -0.25) is 0 Å². The van der Waals surface area contributed by atoms with Gasteiger partial charge < -0.3 is 10.0 Å². The van der Waals surface area contributed by atoms with Gasteiger partial charge in [-0.05, 0) is 37.3 Å². The number of hydrogen-bond acceptors (Lipinski definition) is 2. The Morgan fingerprint density at radius 1 is 1.26 bits per heavy atom. The van der Waals surface area contributed by atoms with E-state index in [2.05, 4.69) is 18.7 Å². The fourth-order valence-electron chi connectivity index (χ4n) is 2.67. The number of aliphatic hydroxyl groups is 1. The van der Waals surface area contributed by atoms with E-state index >= 15 is 0 Å². The van der Waals surface area contributed by atoms with Gasteiger partial charge >= 0.3 is 0 Å². The summed E-state index contributed by atoms with van der Waals surface area (Å²) in [6.45, 7) is 6.61. The molecular weight excluding hydrogens is 234 g/mol. The van der Waals surface area contributed by atoms with Gasteiger partial charge in [0, 0.05) is 12.6 Å². The summed E-state index contributed by atoms with van der Waals surface area (Å²) in [4.78, 5) is 2.58. The van der Waals surface area contributed by atoms with Crippen LogP contribution in [0.3, 0.4) is 0 Å². The van der Waals surface area contributed by atoms with Crippen LogP contribution in [0, 0.1) is 5.92 Å². The van der Waals surface area contributed by atoms with E-state index in [9.17, 15) is 5.11 Å². The van der Waals surface area contributed by atoms with Gasteiger partial charge in [-0.15, -0.1) is 0 Å². The highest BCUT2D eigenvalue weighted by Gasteiger charge is 2.30. The van der Waals surface area contributed by atoms with E-state index in [1.54, 1.807) is 0 Å². The lowest BCUT2D eigenvalue weighted by atomic mass is 9.97. The average molecular weight is 261 g/mol. The van der Waals surface area contributed by atoms with Gasteiger partial charge in [-0.1, -0.05) is 50.6 Å². The number of nitrogens with zero attached hydrogens (tertiary/aromatic N) is 1. The second kappa shape index (κ2) is 7.06. The zero-order valence-electron chi connectivity index (χ0n) is 12.3. The van der Waals surface area contributed by atoms with E-state index in [-0.39, 0.29) is 6.10 Å². The monoisotopic (exact) mass is 261 g/mol. The summed E-state index contributed by atoms with van der Waals surface area (Å²) in [5.74, 6) is 0.292. The number of unbranched alkanes of at least 4 members (excludes halogenated alkanes) is 1. The zero-order chi connectivity index (χ0) is 13.7. The lowest BCUT2D eigenvalue weighted by Gasteiger charge is -2.28. The predicted octanol–water partition coefficient (Wildman–Crippen LogP) is 3.62. The minimum Gasteiger partial charge on any atom is -0.388 e. The molecule has 2 atom stereocenters. The molecule has 1 aliphatic carbocycles. The summed E-state index contributed by atoms with van der Waals surface area (Å²) in [5.41, 5.74) is 1.04. The van der Waals surface area contributed by atoms with Crippen LogP contribution in [0.25, 0.3) is 0 Å². The molecule has 0 heterocycles. The molecule has 1 saturated carbocycles. The fourth-order valence-corrected chi connectivity index (χ4v) is 2.67. The number of hydrogen-bond donors (Lipinski definition) is 1. The Labute approximate surface area is 117 Å². The lowest BCUT2D eigenvalue weighted by Crippen LogP contribution is -2.33. The van der Waals surface area contributed by atoms with E-state index in [4.69, 9.17) is 0 Å². The molecule has 1 fully saturated rings. The molecule has 0 amide bonds. The Hall–Kier alpha value is -0.860. The van der Waals surface area contributed by atoms with Crippen molar-refractivity contribution in [3.8, 4) is 0 Å². The van der Waals surface area contributed by atoms with Crippen molar-refractivity contribution >= 4 is 0 Å². The Balaban J connectivity index is 1.89. The van der Waals surface area contributed by atoms with Crippen molar-refractivity contribution in [2.75, 3.05) is 13.1 Å². The van der Waals surface area contributed by atoms with Crippen LogP contribution in [-0.4, -0.2) is 29.1 Å². The quantitative estimate of drug-likeness (QED) is 0.772. The van der Waals surface area contributed by atoms with Crippen LogP contribution in [0.2, 0.25) is 0 Å². The number of aliphatic hydroxyl groups excluding tert-OH is 1. The van der Waals surface area contributed by atoms with Gasteiger partial charge in [0.2, 0.25) is 0 Å². The largest absolute Gasteiger partial charge is 0.388 e. The second-order valence-corrected chi connectivity index (χ2v) is 5.91. The lowest BCUT2D eigenvalue weighted by molar-refractivity contribution is 0.0852. The molecule has 0 spiro atoms. The van der Waals surface area contributed by atoms with Gasteiger partial charge in [-0.2, -0.15) is 0 Å². The van der Waals surface area contributed by atoms with Crippen LogP contribution < -0.4 is 0 Å². The van der Waals surface area contributed by atoms with Crippen LogP contribution in [0.1, 0.15) is 51.2 Å². The van der Waals surface area contributed by atoms with Crippen LogP contribution in [0.4, 0.5) is 0 Å². The van der Waals surface area contributed by atoms with Gasteiger partial charge in [0.25, 0.3) is 0 Å². The summed E-state index contributed by atoms with van der Waals surface area (Å²) >= 11 is 0. The first-order chi connectivity index (χ1) is 9.22. The van der Waals surface area contributed by atoms with Crippen LogP contribution >= 0.6 is 0 Å². The van der Waals surface area contributed by atoms with Crippen LogP contribution in [0.5, 0.6) is 0 Å². The fraction of sp³-hybridized carbons (Fsp3) is 0.647. The minimum absolute atomic E-state index is 0.292. The Morgan fingerprint density at radius 2 is 1.95 bits per heavy atom. The Kier molecular flexibility index (Phi) is 5.41. The van der Waals surface area contributed by atoms with Crippen molar-refractivity contribution in [1.29, 1.82) is 0 Å². The molecule has 1 aliphatic rings. The maximum atomic E-state index is 10.4. The van der Waals surface area contributed by atoms with Gasteiger partial charge in [0.05, 0.1) is 6.10 Å². The summed E-state index contributed by atoms with van der Waals surface area (Å²) in [5, 5.41) is 10.4. The second-order valence-electron chi connectivity index (χ2n) is 5.91. The van der Waals surface area contributed by atoms with Crippen molar-refractivity contribution in [2.45, 2.75) is 51.7 Å². The predicted molar refractivity (Wildman–Crippen MR) is 80.1 cm³/mol. The molecule has 0 aliphatic heterocycles. The smallest absolute Gasteiger partial charge is 0.0827 e. The molecule has 0 saturated heterocycles. The normalized spacial score (nSPS) is 18.5. The maximum absolute atomic E-state index is 10.4. The van der Waals surface area contributed by atoms with Gasteiger partial charge in [0.1, 0.15) is 0 Å². The topological polar surface area (TPSA) is 23.5 Å². The van der Waals surface area contributed by atoms with E-state index in [1.165, 1.54) is 32.2 Å². The maximum Gasteiger partial charge on any atom is 0.0827 e. The number of rotatable bonds is 8. The van der Waals surface area contributed by atoms with Crippen molar-refractivity contribution in [2.24, 2.45) is 5.92 Å². The summed E-state index contributed by atoms with van der Waals surface area (Å²) in [6, 6.07) is 10.8. The first kappa shape index (κ1) is 14.5. The molecule has 1 N–H and O–H groups in total. The average Bonchev–Trinajstić information content (AvgIpc) is 3.28. The van der Waals surface area contributed by atoms with Crippen LogP contribution in [-0.2, 0) is 0 Å². The van der Waals surface area contributed by atoms with E-state index in [1.807, 2.05) is 30.3 Å². The molecule has 0 bridgehead atoms. The van der Waals surface area contributed by atoms with E-state index < -0.39 is 0 Å². The van der Waals surface area contributed by atoms with Crippen LogP contribution in [0.15, 0.2) is 30.3 Å². The molecule has 0 radical (unpaired) electrons. The van der Waals surface area contributed by atoms with Crippen molar-refractivity contribution in [1.82, 2.24) is 4.90 Å². The number of benzene rings is 1. The highest BCUT2D eigenvalue weighted by atomic mass is 16.3. The Morgan fingerprint density at radius 3 is 2.53 bits per heavy atom. The third-order valence-electron chi connectivity index (χ3n) is 4.06. The van der Waals surface area contributed by atoms with Crippen molar-refractivity contribution in [3.05, 3.63) is 35.9 Å². The highest BCUT2D eigenvalue weighted by molar-refractivity contribution is 5.17. The first-order valence-electron chi connectivity index (χ1n) is 7.69. The van der Waals surface area contributed by atoms with E-state index in [0.717, 1.165) is 18.2 Å². The van der Waals surface area contributed by atoms with E-state index in [0.29, 0.717) is 5.92 Å². The third kappa shape index (κ3) is 4.32. The first-order valence-corrected chi connectivity index (χ1v) is 7.69. The molecule has 2 unspecified atom stereocenters. The summed E-state index contributed by atoms with van der Waals surface area (Å²) < 4.78 is 0. The summed E-state index contributed by atoms with van der Waals surface area (Å²) in [6.07, 6.45) is 4.86. The minimum atomic E-state index is -0.343. The molecule has 106 valence electrons. The molecule has 1 aromatic rings. The van der Waals surface area contributed by atoms with Crippen molar-refractivity contribution in [3.63, 3.8) is 0 Å². The summed E-state index contributed by atoms with van der Waals surface area (Å²) in [7, 11) is 0. The third-order valence-corrected chi connectivity index (χ3v) is 4.06. The van der Waals surface area contributed by atoms with Crippen molar-refractivity contribution < 1.29 is 5.11 Å². The molecule has 1 aromatic carbocycles. The molecule has 2 heteroatoms. The van der Waals surface area contributed by atoms with Gasteiger partial charge in [0.15, 0.2) is 0 Å². The SMILES string of the molecule is CCCCN(CC(C)C(O)c1ccccc1)C1CC1.